The first-order valence-corrected chi connectivity index (χ1v) is 11.2. The molecule has 0 radical (unpaired) electrons. The van der Waals surface area contributed by atoms with Crippen molar-refractivity contribution in [2.45, 2.75) is 31.2 Å². The van der Waals surface area contributed by atoms with Crippen LogP contribution in [0, 0.1) is 5.92 Å². The molecule has 5 rings (SSSR count). The second-order valence-corrected chi connectivity index (χ2v) is 9.02. The standard InChI is InChI=1S/C24H25N3OS/c28-24(27-15-14-18(16-27)25-17-8-2-1-3-9-17)20-11-5-4-10-19(20)23-26-21-12-6-7-13-22(21)29-23/h1-9,12-13,18-20,25H,10-11,14-16H2. The van der Waals surface area contributed by atoms with Gasteiger partial charge in [-0.2, -0.15) is 0 Å². The van der Waals surface area contributed by atoms with Crippen LogP contribution in [-0.4, -0.2) is 34.9 Å². The minimum atomic E-state index is -0.00367. The maximum absolute atomic E-state index is 13.4. The van der Waals surface area contributed by atoms with E-state index in [-0.39, 0.29) is 17.7 Å². The third kappa shape index (κ3) is 3.79. The van der Waals surface area contributed by atoms with Gasteiger partial charge in [-0.05, 0) is 43.5 Å². The third-order valence-electron chi connectivity index (χ3n) is 6.02. The number of thiazole rings is 1. The summed E-state index contributed by atoms with van der Waals surface area (Å²) in [6, 6.07) is 18.8. The van der Waals surface area contributed by atoms with E-state index in [0.29, 0.717) is 6.04 Å². The molecular weight excluding hydrogens is 378 g/mol. The fourth-order valence-electron chi connectivity index (χ4n) is 4.49. The van der Waals surface area contributed by atoms with Gasteiger partial charge in [0.25, 0.3) is 0 Å². The van der Waals surface area contributed by atoms with Gasteiger partial charge in [-0.3, -0.25) is 4.79 Å². The molecule has 1 aromatic heterocycles. The fourth-order valence-corrected chi connectivity index (χ4v) is 5.64. The van der Waals surface area contributed by atoms with Crippen molar-refractivity contribution in [2.24, 2.45) is 5.92 Å². The van der Waals surface area contributed by atoms with Crippen LogP contribution in [0.1, 0.15) is 30.2 Å². The highest BCUT2D eigenvalue weighted by Crippen LogP contribution is 2.39. The molecule has 2 aliphatic rings. The smallest absolute Gasteiger partial charge is 0.226 e. The summed E-state index contributed by atoms with van der Waals surface area (Å²) in [5.41, 5.74) is 2.17. The van der Waals surface area contributed by atoms with Crippen LogP contribution in [0.2, 0.25) is 0 Å². The summed E-state index contributed by atoms with van der Waals surface area (Å²) in [7, 11) is 0. The van der Waals surface area contributed by atoms with E-state index in [4.69, 9.17) is 4.98 Å². The van der Waals surface area contributed by atoms with Crippen molar-refractivity contribution in [1.29, 1.82) is 0 Å². The zero-order chi connectivity index (χ0) is 19.6. The topological polar surface area (TPSA) is 45.2 Å². The maximum Gasteiger partial charge on any atom is 0.226 e. The highest BCUT2D eigenvalue weighted by Gasteiger charge is 2.37. The number of carbonyl (C=O) groups is 1. The minimum absolute atomic E-state index is 0.00367. The number of likely N-dealkylation sites (tertiary alicyclic amines) is 1. The van der Waals surface area contributed by atoms with Gasteiger partial charge in [0.05, 0.1) is 21.1 Å². The average Bonchev–Trinajstić information content (AvgIpc) is 3.41. The molecule has 4 nitrogen and oxygen atoms in total. The second-order valence-electron chi connectivity index (χ2n) is 7.96. The Bertz CT molecular complexity index is 996. The molecule has 3 unspecified atom stereocenters. The van der Waals surface area contributed by atoms with Crippen molar-refractivity contribution in [3.8, 4) is 0 Å². The Labute approximate surface area is 175 Å². The SMILES string of the molecule is O=C(C1CC=CCC1c1nc2ccccc2s1)N1CCC(Nc2ccccc2)C1. The van der Waals surface area contributed by atoms with Crippen LogP contribution in [0.3, 0.4) is 0 Å². The van der Waals surface area contributed by atoms with Crippen molar-refractivity contribution in [3.63, 3.8) is 0 Å². The summed E-state index contributed by atoms with van der Waals surface area (Å²) in [5, 5.41) is 4.67. The van der Waals surface area contributed by atoms with Crippen molar-refractivity contribution in [2.75, 3.05) is 18.4 Å². The maximum atomic E-state index is 13.4. The molecule has 29 heavy (non-hydrogen) atoms. The van der Waals surface area contributed by atoms with Gasteiger partial charge in [0.2, 0.25) is 5.91 Å². The van der Waals surface area contributed by atoms with Gasteiger partial charge in [0.1, 0.15) is 0 Å². The number of hydrogen-bond donors (Lipinski definition) is 1. The summed E-state index contributed by atoms with van der Waals surface area (Å²) >= 11 is 1.74. The number of anilines is 1. The van der Waals surface area contributed by atoms with E-state index in [1.807, 2.05) is 24.3 Å². The van der Waals surface area contributed by atoms with Crippen LogP contribution in [-0.2, 0) is 4.79 Å². The number of para-hydroxylation sites is 2. The molecule has 2 aromatic carbocycles. The van der Waals surface area contributed by atoms with Gasteiger partial charge < -0.3 is 10.2 Å². The van der Waals surface area contributed by atoms with Crippen LogP contribution in [0.15, 0.2) is 66.7 Å². The quantitative estimate of drug-likeness (QED) is 0.620. The van der Waals surface area contributed by atoms with Crippen LogP contribution < -0.4 is 5.32 Å². The molecule has 1 saturated heterocycles. The molecule has 1 aliphatic heterocycles. The van der Waals surface area contributed by atoms with E-state index in [0.717, 1.165) is 48.6 Å². The lowest BCUT2D eigenvalue weighted by Crippen LogP contribution is -2.38. The van der Waals surface area contributed by atoms with Crippen LogP contribution in [0.5, 0.6) is 0 Å². The zero-order valence-corrected chi connectivity index (χ0v) is 17.1. The van der Waals surface area contributed by atoms with Crippen LogP contribution in [0.4, 0.5) is 5.69 Å². The lowest BCUT2D eigenvalue weighted by Gasteiger charge is -2.30. The highest BCUT2D eigenvalue weighted by molar-refractivity contribution is 7.18. The Morgan fingerprint density at radius 1 is 1.03 bits per heavy atom. The van der Waals surface area contributed by atoms with E-state index >= 15 is 0 Å². The Balaban J connectivity index is 1.31. The Kier molecular flexibility index (Phi) is 5.06. The number of nitrogens with zero attached hydrogens (tertiary/aromatic N) is 2. The average molecular weight is 404 g/mol. The molecule has 0 saturated carbocycles. The minimum Gasteiger partial charge on any atom is -0.380 e. The Morgan fingerprint density at radius 3 is 2.69 bits per heavy atom. The Morgan fingerprint density at radius 2 is 1.83 bits per heavy atom. The first-order chi connectivity index (χ1) is 14.3. The zero-order valence-electron chi connectivity index (χ0n) is 16.3. The number of hydrogen-bond acceptors (Lipinski definition) is 4. The van der Waals surface area contributed by atoms with Crippen molar-refractivity contribution in [3.05, 3.63) is 71.8 Å². The molecule has 148 valence electrons. The third-order valence-corrected chi connectivity index (χ3v) is 7.19. The predicted molar refractivity (Wildman–Crippen MR) is 119 cm³/mol. The number of aromatic nitrogens is 1. The molecule has 0 bridgehead atoms. The summed E-state index contributed by atoms with van der Waals surface area (Å²) in [5.74, 6) is 0.470. The first kappa shape index (κ1) is 18.4. The molecule has 1 N–H and O–H groups in total. The molecule has 0 spiro atoms. The van der Waals surface area contributed by atoms with E-state index in [1.54, 1.807) is 11.3 Å². The van der Waals surface area contributed by atoms with Crippen molar-refractivity contribution >= 4 is 33.1 Å². The van der Waals surface area contributed by atoms with Gasteiger partial charge in [-0.1, -0.05) is 42.5 Å². The molecule has 3 aromatic rings. The number of benzene rings is 2. The predicted octanol–water partition coefficient (Wildman–Crippen LogP) is 5.06. The van der Waals surface area contributed by atoms with E-state index in [1.165, 1.54) is 4.70 Å². The van der Waals surface area contributed by atoms with Gasteiger partial charge in [0, 0.05) is 30.7 Å². The van der Waals surface area contributed by atoms with E-state index in [9.17, 15) is 4.79 Å². The van der Waals surface area contributed by atoms with Gasteiger partial charge in [-0.25, -0.2) is 4.98 Å². The number of amides is 1. The number of allylic oxidation sites excluding steroid dienone is 2. The number of rotatable bonds is 4. The van der Waals surface area contributed by atoms with Gasteiger partial charge in [0.15, 0.2) is 0 Å². The number of carbonyl (C=O) groups excluding carboxylic acids is 1. The van der Waals surface area contributed by atoms with Gasteiger partial charge >= 0.3 is 0 Å². The normalized spacial score (nSPS) is 24.1. The van der Waals surface area contributed by atoms with E-state index in [2.05, 4.69) is 52.7 Å². The van der Waals surface area contributed by atoms with Crippen LogP contribution in [0.25, 0.3) is 10.2 Å². The monoisotopic (exact) mass is 403 g/mol. The summed E-state index contributed by atoms with van der Waals surface area (Å²) in [4.78, 5) is 20.4. The molecule has 1 amide bonds. The van der Waals surface area contributed by atoms with Gasteiger partial charge in [-0.15, -0.1) is 11.3 Å². The fraction of sp³-hybridized carbons (Fsp3) is 0.333. The molecule has 1 aliphatic carbocycles. The summed E-state index contributed by atoms with van der Waals surface area (Å²) in [6.45, 7) is 1.61. The van der Waals surface area contributed by atoms with E-state index < -0.39 is 0 Å². The largest absolute Gasteiger partial charge is 0.380 e. The second kappa shape index (κ2) is 7.99. The lowest BCUT2D eigenvalue weighted by atomic mass is 9.82. The Hall–Kier alpha value is -2.66. The molecule has 5 heteroatoms. The summed E-state index contributed by atoms with van der Waals surface area (Å²) < 4.78 is 1.21. The first-order valence-electron chi connectivity index (χ1n) is 10.4. The van der Waals surface area contributed by atoms with Crippen molar-refractivity contribution in [1.82, 2.24) is 9.88 Å². The molecule has 1 fully saturated rings. The lowest BCUT2D eigenvalue weighted by molar-refractivity contribution is -0.135. The number of nitrogens with one attached hydrogen (secondary N) is 1. The highest BCUT2D eigenvalue weighted by atomic mass is 32.1. The molecule has 2 heterocycles. The summed E-state index contributed by atoms with van der Waals surface area (Å²) in [6.07, 6.45) is 7.09. The molecule has 3 atom stereocenters. The van der Waals surface area contributed by atoms with Crippen molar-refractivity contribution < 1.29 is 4.79 Å². The molecular formula is C24H25N3OS. The number of fused-ring (bicyclic) bond motifs is 1. The van der Waals surface area contributed by atoms with Crippen LogP contribution >= 0.6 is 11.3 Å².